The molecule has 0 aliphatic carbocycles. The monoisotopic (exact) mass is 366 g/mol. The highest BCUT2D eigenvalue weighted by Gasteiger charge is 2.27. The van der Waals surface area contributed by atoms with Crippen LogP contribution < -0.4 is 10.7 Å². The van der Waals surface area contributed by atoms with Crippen LogP contribution >= 0.6 is 0 Å². The van der Waals surface area contributed by atoms with Gasteiger partial charge >= 0.3 is 11.7 Å². The first-order valence-electron chi connectivity index (χ1n) is 8.69. The number of hydrogen-bond acceptors (Lipinski definition) is 5. The van der Waals surface area contributed by atoms with Gasteiger partial charge in [-0.2, -0.15) is 0 Å². The number of para-hydroxylation sites is 2. The van der Waals surface area contributed by atoms with Crippen LogP contribution in [0.2, 0.25) is 0 Å². The van der Waals surface area contributed by atoms with Crippen LogP contribution in [0.1, 0.15) is 22.3 Å². The quantitative estimate of drug-likeness (QED) is 0.665. The fourth-order valence-electron chi connectivity index (χ4n) is 3.57. The van der Waals surface area contributed by atoms with Gasteiger partial charge in [0.1, 0.15) is 6.54 Å². The lowest BCUT2D eigenvalue weighted by Gasteiger charge is -2.30. The Bertz CT molecular complexity index is 1100. The molecule has 7 nitrogen and oxygen atoms in total. The highest BCUT2D eigenvalue weighted by Crippen LogP contribution is 2.30. The van der Waals surface area contributed by atoms with E-state index >= 15 is 0 Å². The number of hydrogen-bond donors (Lipinski definition) is 0. The van der Waals surface area contributed by atoms with Crippen LogP contribution in [0.5, 0.6) is 0 Å². The summed E-state index contributed by atoms with van der Waals surface area (Å²) in [6, 6.07) is 12.2. The van der Waals surface area contributed by atoms with Crippen molar-refractivity contribution in [2.24, 2.45) is 0 Å². The average Bonchev–Trinajstić information content (AvgIpc) is 3.01. The van der Waals surface area contributed by atoms with E-state index < -0.39 is 11.7 Å². The summed E-state index contributed by atoms with van der Waals surface area (Å²) < 4.78 is 11.4. The van der Waals surface area contributed by atoms with Gasteiger partial charge in [-0.25, -0.2) is 9.59 Å². The van der Waals surface area contributed by atoms with E-state index in [0.717, 1.165) is 12.0 Å². The van der Waals surface area contributed by atoms with Gasteiger partial charge in [-0.3, -0.25) is 9.36 Å². The predicted octanol–water partition coefficient (Wildman–Crippen LogP) is 2.36. The zero-order valence-electron chi connectivity index (χ0n) is 14.8. The summed E-state index contributed by atoms with van der Waals surface area (Å²) >= 11 is 0. The van der Waals surface area contributed by atoms with Gasteiger partial charge in [0, 0.05) is 12.2 Å². The lowest BCUT2D eigenvalue weighted by Crippen LogP contribution is -2.39. The number of esters is 1. The van der Waals surface area contributed by atoms with Gasteiger partial charge in [-0.05, 0) is 42.7 Å². The second-order valence-corrected chi connectivity index (χ2v) is 6.37. The first kappa shape index (κ1) is 17.1. The first-order valence-corrected chi connectivity index (χ1v) is 8.69. The third kappa shape index (κ3) is 2.91. The smallest absolute Gasteiger partial charge is 0.420 e. The van der Waals surface area contributed by atoms with Crippen LogP contribution in [0.25, 0.3) is 11.1 Å². The molecule has 1 aromatic heterocycles. The Balaban J connectivity index is 1.69. The van der Waals surface area contributed by atoms with Crippen molar-refractivity contribution in [2.45, 2.75) is 19.4 Å². The van der Waals surface area contributed by atoms with Gasteiger partial charge in [-0.1, -0.05) is 18.2 Å². The number of oxazole rings is 1. The summed E-state index contributed by atoms with van der Waals surface area (Å²) in [5, 5.41) is 0. The van der Waals surface area contributed by atoms with Gasteiger partial charge in [0.05, 0.1) is 18.2 Å². The second-order valence-electron chi connectivity index (χ2n) is 6.37. The molecule has 0 radical (unpaired) electrons. The van der Waals surface area contributed by atoms with Gasteiger partial charge in [0.2, 0.25) is 5.91 Å². The zero-order chi connectivity index (χ0) is 19.0. The standard InChI is InChI=1S/C20H18N2O5/c1-26-19(24)14-6-4-9-15-13(14)7-5-11-21(15)18(23)12-22-16-8-2-3-10-17(16)27-20(22)25/h2-4,6,8-10H,5,7,11-12H2,1H3. The number of carbonyl (C=O) groups excluding carboxylic acids is 2. The number of anilines is 1. The molecule has 0 saturated heterocycles. The van der Waals surface area contributed by atoms with Crippen molar-refractivity contribution in [1.82, 2.24) is 4.57 Å². The van der Waals surface area contributed by atoms with Crippen molar-refractivity contribution in [1.29, 1.82) is 0 Å². The Kier molecular flexibility index (Phi) is 4.27. The lowest BCUT2D eigenvalue weighted by atomic mass is 9.96. The molecule has 0 N–H and O–H groups in total. The fourth-order valence-corrected chi connectivity index (χ4v) is 3.57. The molecule has 1 aliphatic heterocycles. The molecule has 2 heterocycles. The Hall–Kier alpha value is -3.35. The van der Waals surface area contributed by atoms with E-state index in [9.17, 15) is 14.4 Å². The number of rotatable bonds is 3. The van der Waals surface area contributed by atoms with Gasteiger partial charge < -0.3 is 14.1 Å². The molecule has 0 atom stereocenters. The molecular weight excluding hydrogens is 348 g/mol. The minimum atomic E-state index is -0.565. The van der Waals surface area contributed by atoms with Crippen molar-refractivity contribution in [3.8, 4) is 0 Å². The van der Waals surface area contributed by atoms with E-state index in [-0.39, 0.29) is 12.5 Å². The number of nitrogens with zero attached hydrogens (tertiary/aromatic N) is 2. The van der Waals surface area contributed by atoms with Crippen molar-refractivity contribution in [3.63, 3.8) is 0 Å². The third-order valence-electron chi connectivity index (χ3n) is 4.82. The van der Waals surface area contributed by atoms with Crippen LogP contribution in [0, 0.1) is 0 Å². The summed E-state index contributed by atoms with van der Waals surface area (Å²) in [5.41, 5.74) is 2.99. The van der Waals surface area contributed by atoms with Crippen molar-refractivity contribution in [2.75, 3.05) is 18.6 Å². The third-order valence-corrected chi connectivity index (χ3v) is 4.82. The minimum Gasteiger partial charge on any atom is -0.465 e. The molecule has 0 bridgehead atoms. The topological polar surface area (TPSA) is 81.8 Å². The van der Waals surface area contributed by atoms with Gasteiger partial charge in [-0.15, -0.1) is 0 Å². The van der Waals surface area contributed by atoms with E-state index in [0.29, 0.717) is 35.3 Å². The highest BCUT2D eigenvalue weighted by molar-refractivity contribution is 5.99. The summed E-state index contributed by atoms with van der Waals surface area (Å²) in [7, 11) is 1.34. The normalized spacial score (nSPS) is 13.4. The molecule has 2 aromatic carbocycles. The number of carbonyl (C=O) groups is 2. The lowest BCUT2D eigenvalue weighted by molar-refractivity contribution is -0.119. The Morgan fingerprint density at radius 2 is 1.96 bits per heavy atom. The van der Waals surface area contributed by atoms with E-state index in [1.807, 2.05) is 6.07 Å². The van der Waals surface area contributed by atoms with E-state index in [2.05, 4.69) is 0 Å². The first-order chi connectivity index (χ1) is 13.1. The molecule has 0 fully saturated rings. The van der Waals surface area contributed by atoms with Crippen LogP contribution in [0.3, 0.4) is 0 Å². The number of amides is 1. The molecule has 0 saturated carbocycles. The number of methoxy groups -OCH3 is 1. The molecule has 1 aliphatic rings. The van der Waals surface area contributed by atoms with Crippen molar-refractivity contribution < 1.29 is 18.7 Å². The zero-order valence-corrected chi connectivity index (χ0v) is 14.8. The van der Waals surface area contributed by atoms with Crippen LogP contribution in [-0.2, 0) is 22.5 Å². The number of aromatic nitrogens is 1. The SMILES string of the molecule is COC(=O)c1cccc2c1CCCN2C(=O)Cn1c(=O)oc2ccccc21. The fraction of sp³-hybridized carbons (Fsp3) is 0.250. The van der Waals surface area contributed by atoms with Crippen molar-refractivity contribution in [3.05, 3.63) is 64.1 Å². The average molecular weight is 366 g/mol. The van der Waals surface area contributed by atoms with E-state index in [1.165, 1.54) is 11.7 Å². The number of ether oxygens (including phenoxy) is 1. The summed E-state index contributed by atoms with van der Waals surface area (Å²) in [6.07, 6.45) is 1.42. The molecule has 7 heteroatoms. The Labute approximate surface area is 154 Å². The molecule has 27 heavy (non-hydrogen) atoms. The van der Waals surface area contributed by atoms with Crippen LogP contribution in [0.15, 0.2) is 51.7 Å². The highest BCUT2D eigenvalue weighted by atomic mass is 16.5. The second kappa shape index (κ2) is 6.75. The maximum atomic E-state index is 13.0. The van der Waals surface area contributed by atoms with Crippen LogP contribution in [-0.4, -0.2) is 30.1 Å². The largest absolute Gasteiger partial charge is 0.465 e. The number of fused-ring (bicyclic) bond motifs is 2. The summed E-state index contributed by atoms with van der Waals surface area (Å²) in [5.74, 6) is -1.21. The summed E-state index contributed by atoms with van der Waals surface area (Å²) in [6.45, 7) is 0.402. The minimum absolute atomic E-state index is 0.127. The van der Waals surface area contributed by atoms with Crippen LogP contribution in [0.4, 0.5) is 5.69 Å². The maximum Gasteiger partial charge on any atom is 0.420 e. The van der Waals surface area contributed by atoms with Gasteiger partial charge in [0.15, 0.2) is 5.58 Å². The number of benzene rings is 2. The van der Waals surface area contributed by atoms with E-state index in [1.54, 1.807) is 41.3 Å². The molecule has 4 rings (SSSR count). The summed E-state index contributed by atoms with van der Waals surface area (Å²) in [4.78, 5) is 38.8. The Morgan fingerprint density at radius 3 is 2.78 bits per heavy atom. The molecule has 0 spiro atoms. The molecule has 0 unspecified atom stereocenters. The molecule has 138 valence electrons. The maximum absolute atomic E-state index is 13.0. The predicted molar refractivity (Wildman–Crippen MR) is 98.9 cm³/mol. The van der Waals surface area contributed by atoms with Crippen molar-refractivity contribution >= 4 is 28.7 Å². The molecule has 1 amide bonds. The molecular formula is C20H18N2O5. The molecule has 3 aromatic rings. The Morgan fingerprint density at radius 1 is 1.15 bits per heavy atom. The van der Waals surface area contributed by atoms with E-state index in [4.69, 9.17) is 9.15 Å². The van der Waals surface area contributed by atoms with Gasteiger partial charge in [0.25, 0.3) is 0 Å².